The molecular formula is C13H20ClN3O3S. The van der Waals surface area contributed by atoms with Gasteiger partial charge in [0.05, 0.1) is 10.9 Å². The topological polar surface area (TPSA) is 92.5 Å². The number of amides is 1. The molecule has 0 spiro atoms. The molecule has 1 amide bonds. The van der Waals surface area contributed by atoms with E-state index in [-0.39, 0.29) is 23.2 Å². The summed E-state index contributed by atoms with van der Waals surface area (Å²) >= 11 is 0. The van der Waals surface area contributed by atoms with Gasteiger partial charge >= 0.3 is 0 Å². The quantitative estimate of drug-likeness (QED) is 0.845. The minimum Gasteiger partial charge on any atom is -0.320 e. The van der Waals surface area contributed by atoms with Crippen molar-refractivity contribution in [3.05, 3.63) is 23.8 Å². The van der Waals surface area contributed by atoms with Gasteiger partial charge in [0.25, 0.3) is 0 Å². The lowest BCUT2D eigenvalue weighted by Gasteiger charge is -2.20. The van der Waals surface area contributed by atoms with E-state index in [1.165, 1.54) is 0 Å². The Morgan fingerprint density at radius 2 is 2.14 bits per heavy atom. The normalized spacial score (nSPS) is 15.3. The molecule has 0 saturated carbocycles. The fourth-order valence-corrected chi connectivity index (χ4v) is 3.33. The van der Waals surface area contributed by atoms with Crippen LogP contribution in [0.5, 0.6) is 0 Å². The Balaban J connectivity index is 0.00000220. The summed E-state index contributed by atoms with van der Waals surface area (Å²) in [5.41, 5.74) is 7.23. The van der Waals surface area contributed by atoms with Crippen LogP contribution in [0, 0.1) is 0 Å². The molecule has 21 heavy (non-hydrogen) atoms. The van der Waals surface area contributed by atoms with Gasteiger partial charge in [-0.3, -0.25) is 4.79 Å². The molecule has 0 aliphatic carbocycles. The number of fused-ring (bicyclic) bond motifs is 1. The first-order chi connectivity index (χ1) is 9.36. The third-order valence-electron chi connectivity index (χ3n) is 3.25. The van der Waals surface area contributed by atoms with Gasteiger partial charge in [0.1, 0.15) is 0 Å². The summed E-state index contributed by atoms with van der Waals surface area (Å²) in [6, 6.07) is 4.26. The van der Waals surface area contributed by atoms with Crippen molar-refractivity contribution in [3.8, 4) is 0 Å². The number of sulfonamides is 1. The third-order valence-corrected chi connectivity index (χ3v) is 4.80. The zero-order valence-electron chi connectivity index (χ0n) is 12.0. The standard InChI is InChI=1S/C13H19N3O3S.ClH/c1-3-15-20(18,19)11-5-4-10-6-7-16(12(10)8-11)13(17)9(2)14;/h4-5,8-9,15H,3,6-7,14H2,1-2H3;1H/t9-;/m1./s1. The van der Waals surface area contributed by atoms with E-state index in [4.69, 9.17) is 5.73 Å². The molecule has 0 unspecified atom stereocenters. The van der Waals surface area contributed by atoms with Gasteiger partial charge in [0.15, 0.2) is 0 Å². The second-order valence-corrected chi connectivity index (χ2v) is 6.59. The maximum atomic E-state index is 12.0. The molecule has 1 aliphatic rings. The predicted octanol–water partition coefficient (Wildman–Crippen LogP) is 0.643. The van der Waals surface area contributed by atoms with Crippen LogP contribution in [0.25, 0.3) is 0 Å². The van der Waals surface area contributed by atoms with Crippen LogP contribution in [0.3, 0.4) is 0 Å². The second kappa shape index (κ2) is 6.74. The first-order valence-corrected chi connectivity index (χ1v) is 8.04. The van der Waals surface area contributed by atoms with Gasteiger partial charge in [0, 0.05) is 18.8 Å². The molecule has 118 valence electrons. The smallest absolute Gasteiger partial charge is 0.243 e. The molecule has 1 heterocycles. The summed E-state index contributed by atoms with van der Waals surface area (Å²) in [6.45, 7) is 4.21. The number of carbonyl (C=O) groups excluding carboxylic acids is 1. The lowest BCUT2D eigenvalue weighted by molar-refractivity contribution is -0.119. The molecule has 0 saturated heterocycles. The molecule has 3 N–H and O–H groups in total. The predicted molar refractivity (Wildman–Crippen MR) is 84.3 cm³/mol. The zero-order chi connectivity index (χ0) is 14.9. The summed E-state index contributed by atoms with van der Waals surface area (Å²) in [4.78, 5) is 13.8. The molecule has 1 aliphatic heterocycles. The maximum Gasteiger partial charge on any atom is 0.243 e. The molecule has 0 radical (unpaired) electrons. The van der Waals surface area contributed by atoms with Gasteiger partial charge in [0.2, 0.25) is 15.9 Å². The summed E-state index contributed by atoms with van der Waals surface area (Å²) in [5.74, 6) is -0.193. The van der Waals surface area contributed by atoms with Crippen molar-refractivity contribution < 1.29 is 13.2 Å². The number of hydrogen-bond donors (Lipinski definition) is 2. The van der Waals surface area contributed by atoms with E-state index >= 15 is 0 Å². The second-order valence-electron chi connectivity index (χ2n) is 4.82. The number of benzene rings is 1. The van der Waals surface area contributed by atoms with Gasteiger partial charge < -0.3 is 10.6 Å². The van der Waals surface area contributed by atoms with Crippen LogP contribution in [0.2, 0.25) is 0 Å². The monoisotopic (exact) mass is 333 g/mol. The van der Waals surface area contributed by atoms with Crippen LogP contribution in [0.4, 0.5) is 5.69 Å². The van der Waals surface area contributed by atoms with Gasteiger partial charge in [-0.25, -0.2) is 13.1 Å². The lowest BCUT2D eigenvalue weighted by Crippen LogP contribution is -2.41. The van der Waals surface area contributed by atoms with Gasteiger partial charge in [-0.2, -0.15) is 0 Å². The highest BCUT2D eigenvalue weighted by Gasteiger charge is 2.28. The number of nitrogens with one attached hydrogen (secondary N) is 1. The molecule has 0 fully saturated rings. The molecule has 8 heteroatoms. The number of rotatable bonds is 4. The highest BCUT2D eigenvalue weighted by atomic mass is 35.5. The Hall–Kier alpha value is -1.15. The average molecular weight is 334 g/mol. The van der Waals surface area contributed by atoms with E-state index in [9.17, 15) is 13.2 Å². The van der Waals surface area contributed by atoms with Crippen LogP contribution in [-0.4, -0.2) is 33.5 Å². The van der Waals surface area contributed by atoms with Crippen molar-refractivity contribution in [2.24, 2.45) is 5.73 Å². The number of nitrogens with zero attached hydrogens (tertiary/aromatic N) is 1. The van der Waals surface area contributed by atoms with Crippen molar-refractivity contribution in [1.82, 2.24) is 4.72 Å². The van der Waals surface area contributed by atoms with E-state index in [1.54, 1.807) is 36.9 Å². The number of anilines is 1. The molecule has 2 rings (SSSR count). The molecular weight excluding hydrogens is 314 g/mol. The van der Waals surface area contributed by atoms with E-state index < -0.39 is 16.1 Å². The molecule has 1 atom stereocenters. The molecule has 6 nitrogen and oxygen atoms in total. The van der Waals surface area contributed by atoms with Crippen molar-refractivity contribution in [3.63, 3.8) is 0 Å². The SMILES string of the molecule is CCNS(=O)(=O)c1ccc2c(c1)N(C(=O)[C@@H](C)N)CC2.Cl. The van der Waals surface area contributed by atoms with Crippen molar-refractivity contribution in [2.45, 2.75) is 31.2 Å². The zero-order valence-corrected chi connectivity index (χ0v) is 13.6. The lowest BCUT2D eigenvalue weighted by atomic mass is 10.2. The van der Waals surface area contributed by atoms with Gasteiger partial charge in [-0.1, -0.05) is 13.0 Å². The van der Waals surface area contributed by atoms with Crippen molar-refractivity contribution in [1.29, 1.82) is 0 Å². The largest absolute Gasteiger partial charge is 0.320 e. The van der Waals surface area contributed by atoms with Crippen LogP contribution >= 0.6 is 12.4 Å². The van der Waals surface area contributed by atoms with E-state index in [0.717, 1.165) is 12.0 Å². The first kappa shape index (κ1) is 17.9. The number of hydrogen-bond acceptors (Lipinski definition) is 4. The molecule has 0 aromatic heterocycles. The number of halogens is 1. The Morgan fingerprint density at radius 1 is 1.48 bits per heavy atom. The fourth-order valence-electron chi connectivity index (χ4n) is 2.27. The molecule has 0 bridgehead atoms. The third kappa shape index (κ3) is 3.55. The average Bonchev–Trinajstić information content (AvgIpc) is 2.80. The number of nitrogens with two attached hydrogens (primary N) is 1. The summed E-state index contributed by atoms with van der Waals surface area (Å²) in [5, 5.41) is 0. The van der Waals surface area contributed by atoms with Crippen LogP contribution in [-0.2, 0) is 21.2 Å². The fraction of sp³-hybridized carbons (Fsp3) is 0.462. The Morgan fingerprint density at radius 3 is 2.71 bits per heavy atom. The van der Waals surface area contributed by atoms with Crippen molar-refractivity contribution >= 4 is 34.0 Å². The number of carbonyl (C=O) groups is 1. The van der Waals surface area contributed by atoms with Gasteiger partial charge in [-0.05, 0) is 31.0 Å². The summed E-state index contributed by atoms with van der Waals surface area (Å²) < 4.78 is 26.4. The Kier molecular flexibility index (Phi) is 5.75. The summed E-state index contributed by atoms with van der Waals surface area (Å²) in [6.07, 6.45) is 0.718. The van der Waals surface area contributed by atoms with Crippen molar-refractivity contribution in [2.75, 3.05) is 18.0 Å². The van der Waals surface area contributed by atoms with Crippen LogP contribution < -0.4 is 15.4 Å². The molecule has 1 aromatic carbocycles. The van der Waals surface area contributed by atoms with E-state index in [1.807, 2.05) is 0 Å². The molecule has 1 aromatic rings. The highest BCUT2D eigenvalue weighted by Crippen LogP contribution is 2.30. The van der Waals surface area contributed by atoms with E-state index in [2.05, 4.69) is 4.72 Å². The van der Waals surface area contributed by atoms with Gasteiger partial charge in [-0.15, -0.1) is 12.4 Å². The van der Waals surface area contributed by atoms with Crippen LogP contribution in [0.15, 0.2) is 23.1 Å². The summed E-state index contributed by atoms with van der Waals surface area (Å²) in [7, 11) is -3.52. The Labute approximate surface area is 131 Å². The van der Waals surface area contributed by atoms with Crippen LogP contribution in [0.1, 0.15) is 19.4 Å². The highest BCUT2D eigenvalue weighted by molar-refractivity contribution is 7.89. The maximum absolute atomic E-state index is 12.0. The first-order valence-electron chi connectivity index (χ1n) is 6.56. The minimum atomic E-state index is -3.52. The van der Waals surface area contributed by atoms with E-state index in [0.29, 0.717) is 18.8 Å². The Bertz CT molecular complexity index is 632. The minimum absolute atomic E-state index is 0.